The second-order valence-corrected chi connectivity index (χ2v) is 11.0. The molecular weight excluding hydrogens is 448 g/mol. The molecule has 1 N–H and O–H groups in total. The fourth-order valence-electron chi connectivity index (χ4n) is 4.41. The van der Waals surface area contributed by atoms with Gasteiger partial charge >= 0.3 is 11.9 Å². The van der Waals surface area contributed by atoms with Gasteiger partial charge in [0.25, 0.3) is 0 Å². The average molecular weight is 479 g/mol. The third kappa shape index (κ3) is 5.05. The van der Waals surface area contributed by atoms with Gasteiger partial charge in [0.1, 0.15) is 5.69 Å². The highest BCUT2D eigenvalue weighted by Crippen LogP contribution is 2.29. The molecule has 2 aromatic heterocycles. The van der Waals surface area contributed by atoms with E-state index in [0.717, 1.165) is 5.69 Å². The Morgan fingerprint density at radius 1 is 1.15 bits per heavy atom. The molecule has 3 heterocycles. The summed E-state index contributed by atoms with van der Waals surface area (Å²) in [5.74, 6) is -1.48. The van der Waals surface area contributed by atoms with E-state index in [1.54, 1.807) is 40.7 Å². The Morgan fingerprint density at radius 3 is 2.39 bits per heavy atom. The molecule has 3 rings (SSSR count). The van der Waals surface area contributed by atoms with E-state index in [2.05, 4.69) is 4.98 Å². The lowest BCUT2D eigenvalue weighted by molar-refractivity contribution is 0.0376. The van der Waals surface area contributed by atoms with Crippen molar-refractivity contribution >= 4 is 27.6 Å². The van der Waals surface area contributed by atoms with Crippen LogP contribution in [0.4, 0.5) is 0 Å². The lowest BCUT2D eigenvalue weighted by Gasteiger charge is -2.16. The van der Waals surface area contributed by atoms with Crippen LogP contribution in [0.5, 0.6) is 0 Å². The van der Waals surface area contributed by atoms with E-state index >= 15 is 0 Å². The van der Waals surface area contributed by atoms with Crippen LogP contribution in [0.15, 0.2) is 6.07 Å². The molecule has 0 aliphatic carbocycles. The predicted octanol–water partition coefficient (Wildman–Crippen LogP) is 3.01. The molecule has 0 spiro atoms. The number of carbonyl (C=O) groups excluding carboxylic acids is 3. The highest BCUT2D eigenvalue weighted by Gasteiger charge is 2.32. The first-order chi connectivity index (χ1) is 15.3. The van der Waals surface area contributed by atoms with Crippen molar-refractivity contribution in [1.29, 1.82) is 0 Å². The number of sulfone groups is 1. The minimum atomic E-state index is -3.07. The van der Waals surface area contributed by atoms with Crippen molar-refractivity contribution in [2.45, 2.75) is 60.1 Å². The number of ether oxygens (including phenoxy) is 2. The molecule has 180 valence electrons. The van der Waals surface area contributed by atoms with E-state index in [1.807, 2.05) is 11.5 Å². The van der Waals surface area contributed by atoms with Gasteiger partial charge in [0, 0.05) is 28.7 Å². The van der Waals surface area contributed by atoms with Crippen LogP contribution in [0.3, 0.4) is 0 Å². The topological polar surface area (TPSA) is 125 Å². The molecule has 1 unspecified atom stereocenters. The predicted molar refractivity (Wildman–Crippen MR) is 122 cm³/mol. The zero-order valence-corrected chi connectivity index (χ0v) is 20.6. The number of nitrogens with one attached hydrogen (secondary N) is 1. The molecule has 33 heavy (non-hydrogen) atoms. The number of ketones is 1. The summed E-state index contributed by atoms with van der Waals surface area (Å²) in [4.78, 5) is 40.6. The van der Waals surface area contributed by atoms with E-state index in [9.17, 15) is 22.8 Å². The van der Waals surface area contributed by atoms with Gasteiger partial charge in [-0.3, -0.25) is 4.79 Å². The zero-order valence-electron chi connectivity index (χ0n) is 19.8. The van der Waals surface area contributed by atoms with E-state index in [0.29, 0.717) is 28.9 Å². The Bertz CT molecular complexity index is 1220. The number of aryl methyl sites for hydroxylation is 2. The average Bonchev–Trinajstić information content (AvgIpc) is 3.31. The number of rotatable bonds is 7. The van der Waals surface area contributed by atoms with Gasteiger partial charge in [0.2, 0.25) is 5.78 Å². The largest absolute Gasteiger partial charge is 0.459 e. The zero-order chi connectivity index (χ0) is 24.7. The SMILES string of the molecule is Cc1[nH]c(C(=O)OCC(=O)c2cc(C)n(C3CCS(=O)(=O)C3)c2C)c(C)c1C(=O)OC(C)C. The first-order valence-corrected chi connectivity index (χ1v) is 12.6. The Hall–Kier alpha value is -2.88. The Balaban J connectivity index is 1.73. The number of carbonyl (C=O) groups is 3. The van der Waals surface area contributed by atoms with Gasteiger partial charge in [-0.15, -0.1) is 0 Å². The number of Topliss-reactive ketones (excluding diaryl/α,β-unsaturated/α-hetero) is 1. The minimum absolute atomic E-state index is 0.0546. The third-order valence-corrected chi connectivity index (χ3v) is 7.63. The third-order valence-electron chi connectivity index (χ3n) is 5.88. The van der Waals surface area contributed by atoms with Gasteiger partial charge in [-0.25, -0.2) is 18.0 Å². The maximum absolute atomic E-state index is 12.8. The number of H-pyrrole nitrogens is 1. The van der Waals surface area contributed by atoms with Gasteiger partial charge in [-0.2, -0.15) is 0 Å². The quantitative estimate of drug-likeness (QED) is 0.479. The van der Waals surface area contributed by atoms with Crippen LogP contribution in [0.2, 0.25) is 0 Å². The highest BCUT2D eigenvalue weighted by molar-refractivity contribution is 7.91. The molecule has 0 saturated carbocycles. The fraction of sp³-hybridized carbons (Fsp3) is 0.522. The van der Waals surface area contributed by atoms with Gasteiger partial charge < -0.3 is 19.0 Å². The lowest BCUT2D eigenvalue weighted by Crippen LogP contribution is -2.17. The molecule has 0 aromatic carbocycles. The van der Waals surface area contributed by atoms with Crippen molar-refractivity contribution in [3.8, 4) is 0 Å². The van der Waals surface area contributed by atoms with Crippen molar-refractivity contribution in [1.82, 2.24) is 9.55 Å². The van der Waals surface area contributed by atoms with Gasteiger partial charge in [0.05, 0.1) is 23.2 Å². The Morgan fingerprint density at radius 2 is 1.82 bits per heavy atom. The van der Waals surface area contributed by atoms with Crippen LogP contribution in [-0.4, -0.2) is 59.9 Å². The van der Waals surface area contributed by atoms with E-state index in [1.165, 1.54) is 0 Å². The van der Waals surface area contributed by atoms with Crippen LogP contribution in [-0.2, 0) is 19.3 Å². The van der Waals surface area contributed by atoms with Crippen molar-refractivity contribution in [2.75, 3.05) is 18.1 Å². The normalized spacial score (nSPS) is 17.4. The number of nitrogens with zero attached hydrogens (tertiary/aromatic N) is 1. The molecule has 1 saturated heterocycles. The molecule has 10 heteroatoms. The number of esters is 2. The Kier molecular flexibility index (Phi) is 6.88. The lowest BCUT2D eigenvalue weighted by atomic mass is 10.1. The van der Waals surface area contributed by atoms with Crippen LogP contribution in [0.1, 0.15) is 80.2 Å². The summed E-state index contributed by atoms with van der Waals surface area (Å²) in [6.07, 6.45) is 0.205. The smallest absolute Gasteiger partial charge is 0.355 e. The molecule has 0 amide bonds. The van der Waals surface area contributed by atoms with Crippen molar-refractivity contribution < 1.29 is 32.3 Å². The van der Waals surface area contributed by atoms with Gasteiger partial charge in [-0.05, 0) is 59.6 Å². The summed E-state index contributed by atoms with van der Waals surface area (Å²) in [6.45, 7) is 9.85. The summed E-state index contributed by atoms with van der Waals surface area (Å²) in [5, 5.41) is 0. The molecular formula is C23H30N2O7S. The molecule has 9 nitrogen and oxygen atoms in total. The van der Waals surface area contributed by atoms with E-state index in [4.69, 9.17) is 9.47 Å². The highest BCUT2D eigenvalue weighted by atomic mass is 32.2. The molecule has 1 atom stereocenters. The van der Waals surface area contributed by atoms with Crippen molar-refractivity contribution in [3.63, 3.8) is 0 Å². The van der Waals surface area contributed by atoms with Gasteiger partial charge in [0.15, 0.2) is 16.4 Å². The molecule has 0 radical (unpaired) electrons. The molecule has 2 aromatic rings. The van der Waals surface area contributed by atoms with Crippen LogP contribution in [0.25, 0.3) is 0 Å². The molecule has 0 bridgehead atoms. The second kappa shape index (κ2) is 9.17. The van der Waals surface area contributed by atoms with Crippen LogP contribution < -0.4 is 0 Å². The van der Waals surface area contributed by atoms with Crippen LogP contribution >= 0.6 is 0 Å². The monoisotopic (exact) mass is 478 g/mol. The number of hydrogen-bond acceptors (Lipinski definition) is 7. The first kappa shape index (κ1) is 24.8. The maximum Gasteiger partial charge on any atom is 0.355 e. The number of hydrogen-bond donors (Lipinski definition) is 1. The van der Waals surface area contributed by atoms with Gasteiger partial charge in [-0.1, -0.05) is 0 Å². The van der Waals surface area contributed by atoms with E-state index in [-0.39, 0.29) is 40.7 Å². The minimum Gasteiger partial charge on any atom is -0.459 e. The Labute approximate surface area is 193 Å². The number of aromatic nitrogens is 2. The molecule has 1 fully saturated rings. The maximum atomic E-state index is 12.8. The summed E-state index contributed by atoms with van der Waals surface area (Å²) >= 11 is 0. The summed E-state index contributed by atoms with van der Waals surface area (Å²) in [5.41, 5.74) is 3.08. The standard InChI is InChI=1S/C23H30N2O7S/c1-12(2)32-22(27)20-14(4)21(24-15(20)5)23(28)31-10-19(26)18-9-13(3)25(16(18)6)17-7-8-33(29,30)11-17/h9,12,17,24H,7-8,10-11H2,1-6H3. The van der Waals surface area contributed by atoms with Crippen LogP contribution in [0, 0.1) is 27.7 Å². The summed E-state index contributed by atoms with van der Waals surface area (Å²) in [6, 6.07) is 1.49. The molecule has 1 aliphatic heterocycles. The number of aromatic amines is 1. The fourth-order valence-corrected chi connectivity index (χ4v) is 6.11. The summed E-state index contributed by atoms with van der Waals surface area (Å²) < 4.78 is 36.1. The van der Waals surface area contributed by atoms with E-state index < -0.39 is 28.4 Å². The summed E-state index contributed by atoms with van der Waals surface area (Å²) in [7, 11) is -3.07. The molecule has 1 aliphatic rings. The van der Waals surface area contributed by atoms with Crippen molar-refractivity contribution in [2.24, 2.45) is 0 Å². The first-order valence-electron chi connectivity index (χ1n) is 10.8. The van der Waals surface area contributed by atoms with Crippen molar-refractivity contribution in [3.05, 3.63) is 45.5 Å². The second-order valence-electron chi connectivity index (χ2n) is 8.79.